The van der Waals surface area contributed by atoms with Gasteiger partial charge in [-0.25, -0.2) is 0 Å². The molecule has 0 unspecified atom stereocenters. The van der Waals surface area contributed by atoms with E-state index in [4.69, 9.17) is 4.42 Å². The van der Waals surface area contributed by atoms with Crippen molar-refractivity contribution in [2.24, 2.45) is 0 Å². The van der Waals surface area contributed by atoms with Crippen LogP contribution in [-0.4, -0.2) is 0 Å². The van der Waals surface area contributed by atoms with E-state index in [2.05, 4.69) is 207 Å². The Balaban J connectivity index is 1.19. The van der Waals surface area contributed by atoms with Crippen LogP contribution >= 0.6 is 0 Å². The summed E-state index contributed by atoms with van der Waals surface area (Å²) < 4.78 is 6.77. The second kappa shape index (κ2) is 12.3. The van der Waals surface area contributed by atoms with Crippen molar-refractivity contribution < 1.29 is 4.42 Å². The third kappa shape index (κ3) is 5.02. The number of furan rings is 1. The molecule has 0 fully saturated rings. The molecule has 0 bridgehead atoms. The van der Waals surface area contributed by atoms with Crippen molar-refractivity contribution >= 4 is 39.0 Å². The van der Waals surface area contributed by atoms with Crippen molar-refractivity contribution in [3.63, 3.8) is 0 Å². The topological polar surface area (TPSA) is 16.4 Å². The predicted octanol–water partition coefficient (Wildman–Crippen LogP) is 14.4. The Bertz CT molecular complexity index is 2780. The van der Waals surface area contributed by atoms with E-state index in [1.165, 1.54) is 44.5 Å². The number of benzene rings is 8. The first kappa shape index (κ1) is 31.1. The van der Waals surface area contributed by atoms with Crippen LogP contribution in [0.5, 0.6) is 0 Å². The molecule has 0 N–H and O–H groups in total. The lowest BCUT2D eigenvalue weighted by Gasteiger charge is -2.30. The van der Waals surface area contributed by atoms with Crippen LogP contribution in [-0.2, 0) is 5.41 Å². The van der Waals surface area contributed by atoms with Crippen LogP contribution < -0.4 is 4.90 Å². The quantitative estimate of drug-likeness (QED) is 0.174. The molecule has 1 aliphatic carbocycles. The second-order valence-corrected chi connectivity index (χ2v) is 14.5. The molecule has 10 rings (SSSR count). The van der Waals surface area contributed by atoms with Crippen LogP contribution in [0.15, 0.2) is 192 Å². The molecule has 0 saturated heterocycles. The number of anilines is 3. The van der Waals surface area contributed by atoms with Gasteiger partial charge in [0.25, 0.3) is 0 Å². The van der Waals surface area contributed by atoms with Crippen LogP contribution in [0, 0.1) is 0 Å². The molecule has 0 radical (unpaired) electrons. The normalized spacial score (nSPS) is 12.9. The van der Waals surface area contributed by atoms with Gasteiger partial charge in [-0.05, 0) is 80.9 Å². The first-order valence-corrected chi connectivity index (χ1v) is 18.4. The highest BCUT2D eigenvalue weighted by Gasteiger charge is 2.38. The van der Waals surface area contributed by atoms with E-state index in [9.17, 15) is 0 Å². The van der Waals surface area contributed by atoms with Gasteiger partial charge in [0.05, 0.1) is 16.8 Å². The van der Waals surface area contributed by atoms with Crippen molar-refractivity contribution in [3.05, 3.63) is 199 Å². The number of hydrogen-bond acceptors (Lipinski definition) is 2. The fourth-order valence-electron chi connectivity index (χ4n) is 8.46. The number of hydrogen-bond donors (Lipinski definition) is 0. The van der Waals surface area contributed by atoms with Gasteiger partial charge in [-0.2, -0.15) is 0 Å². The average Bonchev–Trinajstić information content (AvgIpc) is 3.72. The maximum atomic E-state index is 6.77. The molecule has 0 aliphatic heterocycles. The summed E-state index contributed by atoms with van der Waals surface area (Å²) in [5, 5.41) is 2.20. The lowest BCUT2D eigenvalue weighted by atomic mass is 9.82. The van der Waals surface area contributed by atoms with Crippen LogP contribution in [0.3, 0.4) is 0 Å². The van der Waals surface area contributed by atoms with Crippen LogP contribution in [0.25, 0.3) is 66.4 Å². The highest BCUT2D eigenvalue weighted by molar-refractivity contribution is 6.17. The van der Waals surface area contributed by atoms with Crippen molar-refractivity contribution in [3.8, 4) is 44.5 Å². The highest BCUT2D eigenvalue weighted by atomic mass is 16.3. The van der Waals surface area contributed by atoms with Crippen LogP contribution in [0.2, 0.25) is 0 Å². The Morgan fingerprint density at radius 3 is 1.70 bits per heavy atom. The average molecular weight is 680 g/mol. The maximum absolute atomic E-state index is 6.77. The zero-order valence-electron chi connectivity index (χ0n) is 29.8. The molecule has 1 aromatic heterocycles. The van der Waals surface area contributed by atoms with Crippen molar-refractivity contribution in [1.82, 2.24) is 0 Å². The van der Waals surface area contributed by atoms with Gasteiger partial charge in [0, 0.05) is 27.6 Å². The molecule has 9 aromatic rings. The minimum Gasteiger partial charge on any atom is -0.455 e. The van der Waals surface area contributed by atoms with Gasteiger partial charge in [0.15, 0.2) is 0 Å². The first-order valence-electron chi connectivity index (χ1n) is 18.4. The van der Waals surface area contributed by atoms with Gasteiger partial charge in [0.2, 0.25) is 0 Å². The fourth-order valence-corrected chi connectivity index (χ4v) is 8.46. The smallest absolute Gasteiger partial charge is 0.145 e. The first-order chi connectivity index (χ1) is 26.1. The maximum Gasteiger partial charge on any atom is 0.145 e. The van der Waals surface area contributed by atoms with E-state index in [0.29, 0.717) is 0 Å². The summed E-state index contributed by atoms with van der Waals surface area (Å²) in [4.78, 5) is 2.46. The number of rotatable bonds is 6. The Morgan fingerprint density at radius 2 is 0.981 bits per heavy atom. The Kier molecular flexibility index (Phi) is 7.19. The van der Waals surface area contributed by atoms with E-state index < -0.39 is 0 Å². The Labute approximate surface area is 310 Å². The summed E-state index contributed by atoms with van der Waals surface area (Å²) in [6, 6.07) is 67.7. The van der Waals surface area contributed by atoms with Gasteiger partial charge >= 0.3 is 0 Å². The summed E-state index contributed by atoms with van der Waals surface area (Å²) >= 11 is 0. The minimum absolute atomic E-state index is 0.127. The van der Waals surface area contributed by atoms with Crippen LogP contribution in [0.4, 0.5) is 17.1 Å². The molecule has 0 spiro atoms. The monoisotopic (exact) mass is 679 g/mol. The SMILES string of the molecule is CC1(C)c2ccccc2-c2c(N(c3ccc(-c4ccc(-c5ccccc5)cc4)cc3)c3ccc(-c4ccccc4)c4oc5ccccc5c34)cccc21. The molecule has 2 nitrogen and oxygen atoms in total. The molecule has 252 valence electrons. The van der Waals surface area contributed by atoms with Gasteiger partial charge in [-0.15, -0.1) is 0 Å². The molecule has 0 saturated carbocycles. The Morgan fingerprint density at radius 1 is 0.415 bits per heavy atom. The molecular weight excluding hydrogens is 643 g/mol. The highest BCUT2D eigenvalue weighted by Crippen LogP contribution is 2.55. The van der Waals surface area contributed by atoms with Crippen LogP contribution in [0.1, 0.15) is 25.0 Å². The molecule has 53 heavy (non-hydrogen) atoms. The van der Waals surface area contributed by atoms with Crippen molar-refractivity contribution in [2.75, 3.05) is 4.90 Å². The number of nitrogens with zero attached hydrogens (tertiary/aromatic N) is 1. The molecule has 1 aliphatic rings. The zero-order valence-corrected chi connectivity index (χ0v) is 29.8. The summed E-state index contributed by atoms with van der Waals surface area (Å²) in [5.41, 5.74) is 17.3. The zero-order chi connectivity index (χ0) is 35.5. The number of fused-ring (bicyclic) bond motifs is 6. The van der Waals surface area contributed by atoms with Gasteiger partial charge in [0.1, 0.15) is 11.2 Å². The minimum atomic E-state index is -0.127. The van der Waals surface area contributed by atoms with E-state index in [1.54, 1.807) is 0 Å². The molecule has 2 heteroatoms. The molecule has 0 amide bonds. The summed E-state index contributed by atoms with van der Waals surface area (Å²) in [7, 11) is 0. The fraction of sp³-hybridized carbons (Fsp3) is 0.0588. The summed E-state index contributed by atoms with van der Waals surface area (Å²) in [6.45, 7) is 4.69. The molecule has 0 atom stereocenters. The lowest BCUT2D eigenvalue weighted by molar-refractivity contribution is 0.660. The van der Waals surface area contributed by atoms with Crippen molar-refractivity contribution in [1.29, 1.82) is 0 Å². The summed E-state index contributed by atoms with van der Waals surface area (Å²) in [6.07, 6.45) is 0. The molecule has 1 heterocycles. The van der Waals surface area contributed by atoms with Gasteiger partial charge < -0.3 is 9.32 Å². The van der Waals surface area contributed by atoms with E-state index in [-0.39, 0.29) is 5.41 Å². The third-order valence-electron chi connectivity index (χ3n) is 11.1. The predicted molar refractivity (Wildman–Crippen MR) is 222 cm³/mol. The largest absolute Gasteiger partial charge is 0.455 e. The third-order valence-corrected chi connectivity index (χ3v) is 11.1. The van der Waals surface area contributed by atoms with E-state index in [1.807, 2.05) is 0 Å². The standard InChI is InChI=1S/C51H37NO/c1-51(2)43-20-11-9-18-41(43)48-44(51)21-13-22-45(48)52(39-30-28-37(29-31-39)36-26-24-35(25-27-36)34-14-5-3-6-15-34)46-33-32-40(38-16-7-4-8-17-38)50-49(46)42-19-10-12-23-47(42)53-50/h3-33H,1-2H3. The van der Waals surface area contributed by atoms with E-state index in [0.717, 1.165) is 50.1 Å². The summed E-state index contributed by atoms with van der Waals surface area (Å²) in [5.74, 6) is 0. The molecule has 8 aromatic carbocycles. The molecular formula is C51H37NO. The number of para-hydroxylation sites is 1. The van der Waals surface area contributed by atoms with E-state index >= 15 is 0 Å². The Hall–Kier alpha value is -6.64. The van der Waals surface area contributed by atoms with Gasteiger partial charge in [-0.1, -0.05) is 166 Å². The lowest BCUT2D eigenvalue weighted by Crippen LogP contribution is -2.16. The second-order valence-electron chi connectivity index (χ2n) is 14.5. The van der Waals surface area contributed by atoms with Gasteiger partial charge in [-0.3, -0.25) is 0 Å². The van der Waals surface area contributed by atoms with Crippen molar-refractivity contribution in [2.45, 2.75) is 19.3 Å².